The van der Waals surface area contributed by atoms with Gasteiger partial charge in [0.1, 0.15) is 0 Å². The molecule has 4 nitrogen and oxygen atoms in total. The van der Waals surface area contributed by atoms with Gasteiger partial charge in [-0.25, -0.2) is 0 Å². The molecular formula is C29H35N3O. The lowest BCUT2D eigenvalue weighted by Gasteiger charge is -2.29. The summed E-state index contributed by atoms with van der Waals surface area (Å²) in [7, 11) is 0. The summed E-state index contributed by atoms with van der Waals surface area (Å²) in [5, 5.41) is 6.71. The molecule has 0 spiro atoms. The second kappa shape index (κ2) is 9.80. The molecule has 2 atom stereocenters. The SMILES string of the molecule is Cc1ccc(Cc2ccc3c(c2)[C@H](NC(=O)[C@@H](N)Cc2c(C)cc(C)cc2C)CCN3)cc1. The number of carbonyl (C=O) groups excluding carboxylic acids is 1. The summed E-state index contributed by atoms with van der Waals surface area (Å²) in [5.74, 6) is -0.0869. The fraction of sp³-hybridized carbons (Fsp3) is 0.345. The molecule has 0 saturated carbocycles. The number of hydrogen-bond acceptors (Lipinski definition) is 3. The van der Waals surface area contributed by atoms with Crippen molar-refractivity contribution >= 4 is 11.6 Å². The molecule has 0 bridgehead atoms. The van der Waals surface area contributed by atoms with Gasteiger partial charge in [-0.15, -0.1) is 0 Å². The van der Waals surface area contributed by atoms with E-state index in [4.69, 9.17) is 5.73 Å². The molecule has 0 unspecified atom stereocenters. The maximum Gasteiger partial charge on any atom is 0.237 e. The van der Waals surface area contributed by atoms with Crippen LogP contribution < -0.4 is 16.4 Å². The van der Waals surface area contributed by atoms with Crippen LogP contribution >= 0.6 is 0 Å². The normalized spacial score (nSPS) is 16.0. The molecule has 0 saturated heterocycles. The molecule has 3 aromatic carbocycles. The standard InChI is InChI=1S/C29H35N3O/c1-18-5-7-22(8-6-18)15-23-9-10-27-25(16-23)28(11-12-31-27)32-29(33)26(30)17-24-20(3)13-19(2)14-21(24)4/h5-10,13-14,16,26,28,31H,11-12,15,17,30H2,1-4H3,(H,32,33)/t26-,28+/m0/s1. The van der Waals surface area contributed by atoms with Crippen LogP contribution in [0.15, 0.2) is 54.6 Å². The summed E-state index contributed by atoms with van der Waals surface area (Å²) in [6, 6.07) is 18.9. The molecule has 4 rings (SSSR count). The lowest BCUT2D eigenvalue weighted by molar-refractivity contribution is -0.123. The van der Waals surface area contributed by atoms with Gasteiger partial charge in [0.25, 0.3) is 0 Å². The van der Waals surface area contributed by atoms with E-state index in [9.17, 15) is 4.79 Å². The molecule has 3 aromatic rings. The number of carbonyl (C=O) groups is 1. The van der Waals surface area contributed by atoms with Gasteiger partial charge in [-0.3, -0.25) is 4.79 Å². The van der Waals surface area contributed by atoms with Crippen molar-refractivity contribution in [1.82, 2.24) is 5.32 Å². The van der Waals surface area contributed by atoms with Crippen molar-refractivity contribution in [3.63, 3.8) is 0 Å². The Hall–Kier alpha value is -3.11. The first-order chi connectivity index (χ1) is 15.8. The molecule has 0 aromatic heterocycles. The summed E-state index contributed by atoms with van der Waals surface area (Å²) in [6.07, 6.45) is 2.27. The van der Waals surface area contributed by atoms with Gasteiger partial charge in [0.05, 0.1) is 12.1 Å². The number of nitrogens with two attached hydrogens (primary N) is 1. The topological polar surface area (TPSA) is 67.2 Å². The van der Waals surface area contributed by atoms with Gasteiger partial charge >= 0.3 is 0 Å². The van der Waals surface area contributed by atoms with E-state index in [0.29, 0.717) is 6.42 Å². The molecule has 33 heavy (non-hydrogen) atoms. The smallest absolute Gasteiger partial charge is 0.237 e. The zero-order valence-electron chi connectivity index (χ0n) is 20.2. The van der Waals surface area contributed by atoms with E-state index in [0.717, 1.165) is 30.6 Å². The minimum absolute atomic E-state index is 0.0296. The zero-order valence-corrected chi connectivity index (χ0v) is 20.2. The number of nitrogens with one attached hydrogen (secondary N) is 2. The van der Waals surface area contributed by atoms with E-state index in [-0.39, 0.29) is 11.9 Å². The number of aryl methyl sites for hydroxylation is 4. The first kappa shape index (κ1) is 23.1. The number of fused-ring (bicyclic) bond motifs is 1. The average Bonchev–Trinajstić information content (AvgIpc) is 2.78. The van der Waals surface area contributed by atoms with Gasteiger partial charge in [0.15, 0.2) is 0 Å². The third-order valence-electron chi connectivity index (χ3n) is 6.69. The Balaban J connectivity index is 1.48. The van der Waals surface area contributed by atoms with Gasteiger partial charge in [-0.1, -0.05) is 59.7 Å². The maximum atomic E-state index is 13.1. The fourth-order valence-electron chi connectivity index (χ4n) is 4.89. The van der Waals surface area contributed by atoms with Crippen molar-refractivity contribution in [2.24, 2.45) is 5.73 Å². The maximum absolute atomic E-state index is 13.1. The second-order valence-electron chi connectivity index (χ2n) is 9.55. The number of rotatable bonds is 6. The van der Waals surface area contributed by atoms with Gasteiger partial charge in [-0.2, -0.15) is 0 Å². The Morgan fingerprint density at radius 1 is 0.970 bits per heavy atom. The third kappa shape index (κ3) is 5.45. The van der Waals surface area contributed by atoms with Crippen molar-refractivity contribution in [3.05, 3.63) is 99.1 Å². The van der Waals surface area contributed by atoms with E-state index >= 15 is 0 Å². The number of amides is 1. The zero-order chi connectivity index (χ0) is 23.5. The van der Waals surface area contributed by atoms with Crippen molar-refractivity contribution in [3.8, 4) is 0 Å². The molecule has 172 valence electrons. The van der Waals surface area contributed by atoms with Gasteiger partial charge in [0.2, 0.25) is 5.91 Å². The highest BCUT2D eigenvalue weighted by Crippen LogP contribution is 2.31. The van der Waals surface area contributed by atoms with Crippen LogP contribution in [0.4, 0.5) is 5.69 Å². The minimum Gasteiger partial charge on any atom is -0.385 e. The molecule has 1 aliphatic heterocycles. The quantitative estimate of drug-likeness (QED) is 0.501. The summed E-state index contributed by atoms with van der Waals surface area (Å²) >= 11 is 0. The van der Waals surface area contributed by atoms with Gasteiger partial charge < -0.3 is 16.4 Å². The second-order valence-corrected chi connectivity index (χ2v) is 9.55. The Labute approximate surface area is 197 Å². The van der Waals surface area contributed by atoms with Gasteiger partial charge in [-0.05, 0) is 86.4 Å². The predicted octanol–water partition coefficient (Wildman–Crippen LogP) is 5.05. The minimum atomic E-state index is -0.570. The van der Waals surface area contributed by atoms with E-state index in [1.54, 1.807) is 0 Å². The van der Waals surface area contributed by atoms with E-state index in [2.05, 4.69) is 92.9 Å². The van der Waals surface area contributed by atoms with Crippen LogP contribution in [0.25, 0.3) is 0 Å². The summed E-state index contributed by atoms with van der Waals surface area (Å²) < 4.78 is 0. The van der Waals surface area contributed by atoms with Crippen LogP contribution in [-0.2, 0) is 17.6 Å². The lowest BCUT2D eigenvalue weighted by atomic mass is 9.92. The molecule has 1 aliphatic rings. The van der Waals surface area contributed by atoms with E-state index in [1.165, 1.54) is 38.9 Å². The molecule has 1 amide bonds. The molecule has 0 radical (unpaired) electrons. The van der Waals surface area contributed by atoms with Crippen LogP contribution in [-0.4, -0.2) is 18.5 Å². The van der Waals surface area contributed by atoms with Crippen LogP contribution in [0.1, 0.15) is 57.0 Å². The highest BCUT2D eigenvalue weighted by molar-refractivity contribution is 5.82. The molecule has 4 heteroatoms. The van der Waals surface area contributed by atoms with Crippen molar-refractivity contribution in [2.75, 3.05) is 11.9 Å². The monoisotopic (exact) mass is 441 g/mol. The lowest BCUT2D eigenvalue weighted by Crippen LogP contribution is -2.44. The largest absolute Gasteiger partial charge is 0.385 e. The van der Waals surface area contributed by atoms with E-state index < -0.39 is 6.04 Å². The first-order valence-electron chi connectivity index (χ1n) is 11.8. The van der Waals surface area contributed by atoms with Crippen LogP contribution in [0.3, 0.4) is 0 Å². The molecular weight excluding hydrogens is 406 g/mol. The average molecular weight is 442 g/mol. The number of anilines is 1. The van der Waals surface area contributed by atoms with Crippen molar-refractivity contribution in [2.45, 2.75) is 59.0 Å². The van der Waals surface area contributed by atoms with Crippen molar-refractivity contribution < 1.29 is 4.79 Å². The van der Waals surface area contributed by atoms with Crippen LogP contribution in [0.5, 0.6) is 0 Å². The number of hydrogen-bond donors (Lipinski definition) is 3. The van der Waals surface area contributed by atoms with Gasteiger partial charge in [0, 0.05) is 12.2 Å². The Bertz CT molecular complexity index is 1130. The molecule has 0 aliphatic carbocycles. The molecule has 4 N–H and O–H groups in total. The summed E-state index contributed by atoms with van der Waals surface area (Å²) in [6.45, 7) is 9.23. The summed E-state index contributed by atoms with van der Waals surface area (Å²) in [4.78, 5) is 13.1. The van der Waals surface area contributed by atoms with Crippen LogP contribution in [0.2, 0.25) is 0 Å². The molecule has 1 heterocycles. The Kier molecular flexibility index (Phi) is 6.85. The first-order valence-corrected chi connectivity index (χ1v) is 11.8. The third-order valence-corrected chi connectivity index (χ3v) is 6.69. The fourth-order valence-corrected chi connectivity index (χ4v) is 4.89. The Morgan fingerprint density at radius 2 is 1.64 bits per heavy atom. The predicted molar refractivity (Wildman–Crippen MR) is 137 cm³/mol. The summed E-state index contributed by atoms with van der Waals surface area (Å²) in [5.41, 5.74) is 17.2. The van der Waals surface area contributed by atoms with E-state index in [1.807, 2.05) is 0 Å². The highest BCUT2D eigenvalue weighted by Gasteiger charge is 2.25. The van der Waals surface area contributed by atoms with Crippen LogP contribution in [0, 0.1) is 27.7 Å². The molecule has 0 fully saturated rings. The van der Waals surface area contributed by atoms with Crippen molar-refractivity contribution in [1.29, 1.82) is 0 Å². The highest BCUT2D eigenvalue weighted by atomic mass is 16.2. The number of benzene rings is 3. The Morgan fingerprint density at radius 3 is 2.33 bits per heavy atom.